The molecule has 0 aromatic carbocycles. The second-order valence-corrected chi connectivity index (χ2v) is 2.72. The first-order valence-corrected chi connectivity index (χ1v) is 3.67. The maximum absolute atomic E-state index is 5.44. The Morgan fingerprint density at radius 3 is 3.00 bits per heavy atom. The van der Waals surface area contributed by atoms with Crippen molar-refractivity contribution in [1.82, 2.24) is 5.32 Å². The van der Waals surface area contributed by atoms with E-state index in [0.717, 1.165) is 13.2 Å². The fraction of sp³-hybridized carbons (Fsp3) is 1.00. The minimum absolute atomic E-state index is 0.251. The number of ether oxygens (including phenoxy) is 2. The van der Waals surface area contributed by atoms with Crippen LogP contribution in [-0.4, -0.2) is 39.0 Å². The van der Waals surface area contributed by atoms with Crippen LogP contribution in [-0.2, 0) is 9.47 Å². The SMILES string of the molecule is COC[C@@H]1CN[C@H](C)CO1. The predicted octanol–water partition coefficient (Wildman–Crippen LogP) is 0.00970. The molecule has 0 radical (unpaired) electrons. The van der Waals surface area contributed by atoms with Gasteiger partial charge in [-0.1, -0.05) is 0 Å². The van der Waals surface area contributed by atoms with E-state index in [0.29, 0.717) is 12.6 Å². The van der Waals surface area contributed by atoms with E-state index in [9.17, 15) is 0 Å². The molecule has 0 aliphatic carbocycles. The van der Waals surface area contributed by atoms with Gasteiger partial charge in [0.05, 0.1) is 19.3 Å². The van der Waals surface area contributed by atoms with Gasteiger partial charge in [0.25, 0.3) is 0 Å². The van der Waals surface area contributed by atoms with Gasteiger partial charge in [0.2, 0.25) is 0 Å². The zero-order chi connectivity index (χ0) is 7.40. The third kappa shape index (κ3) is 2.25. The average Bonchev–Trinajstić information content (AvgIpc) is 1.95. The summed E-state index contributed by atoms with van der Waals surface area (Å²) >= 11 is 0. The van der Waals surface area contributed by atoms with Crippen molar-refractivity contribution in [1.29, 1.82) is 0 Å². The Bertz CT molecular complexity index is 89.6. The minimum Gasteiger partial charge on any atom is -0.382 e. The molecule has 0 spiro atoms. The number of hydrogen-bond donors (Lipinski definition) is 1. The summed E-state index contributed by atoms with van der Waals surface area (Å²) in [5.74, 6) is 0. The predicted molar refractivity (Wildman–Crippen MR) is 39.1 cm³/mol. The van der Waals surface area contributed by atoms with E-state index in [1.54, 1.807) is 7.11 Å². The van der Waals surface area contributed by atoms with Crippen molar-refractivity contribution in [2.45, 2.75) is 19.1 Å². The van der Waals surface area contributed by atoms with Crippen molar-refractivity contribution in [3.63, 3.8) is 0 Å². The highest BCUT2D eigenvalue weighted by Gasteiger charge is 2.16. The molecule has 0 amide bonds. The van der Waals surface area contributed by atoms with Crippen LogP contribution in [0.2, 0.25) is 0 Å². The Morgan fingerprint density at radius 1 is 1.70 bits per heavy atom. The topological polar surface area (TPSA) is 30.5 Å². The fourth-order valence-electron chi connectivity index (χ4n) is 1.02. The van der Waals surface area contributed by atoms with E-state index in [2.05, 4.69) is 12.2 Å². The molecule has 1 fully saturated rings. The lowest BCUT2D eigenvalue weighted by molar-refractivity contribution is -0.0330. The van der Waals surface area contributed by atoms with Gasteiger partial charge in [0.1, 0.15) is 0 Å². The molecule has 0 unspecified atom stereocenters. The van der Waals surface area contributed by atoms with Crippen LogP contribution in [0.1, 0.15) is 6.92 Å². The van der Waals surface area contributed by atoms with Crippen LogP contribution in [0, 0.1) is 0 Å². The quantitative estimate of drug-likeness (QED) is 0.593. The second kappa shape index (κ2) is 3.91. The van der Waals surface area contributed by atoms with Gasteiger partial charge in [0.15, 0.2) is 0 Å². The van der Waals surface area contributed by atoms with Crippen molar-refractivity contribution in [2.24, 2.45) is 0 Å². The molecule has 1 rings (SSSR count). The Kier molecular flexibility index (Phi) is 3.12. The highest BCUT2D eigenvalue weighted by atomic mass is 16.5. The molecule has 0 bridgehead atoms. The number of morpholine rings is 1. The minimum atomic E-state index is 0.251. The average molecular weight is 145 g/mol. The second-order valence-electron chi connectivity index (χ2n) is 2.72. The molecule has 3 nitrogen and oxygen atoms in total. The van der Waals surface area contributed by atoms with Crippen molar-refractivity contribution in [3.8, 4) is 0 Å². The first kappa shape index (κ1) is 7.98. The monoisotopic (exact) mass is 145 g/mol. The molecule has 1 saturated heterocycles. The number of methoxy groups -OCH3 is 1. The van der Waals surface area contributed by atoms with Crippen LogP contribution in [0.4, 0.5) is 0 Å². The van der Waals surface area contributed by atoms with Crippen LogP contribution in [0.15, 0.2) is 0 Å². The van der Waals surface area contributed by atoms with Gasteiger partial charge in [-0.25, -0.2) is 0 Å². The lowest BCUT2D eigenvalue weighted by Gasteiger charge is -2.27. The Labute approximate surface area is 61.7 Å². The van der Waals surface area contributed by atoms with Gasteiger partial charge in [-0.05, 0) is 6.92 Å². The van der Waals surface area contributed by atoms with Crippen molar-refractivity contribution >= 4 is 0 Å². The summed E-state index contributed by atoms with van der Waals surface area (Å²) in [6.45, 7) is 4.52. The van der Waals surface area contributed by atoms with Gasteiger partial charge in [-0.15, -0.1) is 0 Å². The highest BCUT2D eigenvalue weighted by Crippen LogP contribution is 1.99. The molecule has 0 aromatic rings. The molecule has 3 heteroatoms. The van der Waals surface area contributed by atoms with E-state index in [-0.39, 0.29) is 6.10 Å². The van der Waals surface area contributed by atoms with E-state index >= 15 is 0 Å². The molecule has 1 heterocycles. The van der Waals surface area contributed by atoms with Crippen molar-refractivity contribution < 1.29 is 9.47 Å². The lowest BCUT2D eigenvalue weighted by atomic mass is 10.2. The molecule has 10 heavy (non-hydrogen) atoms. The Balaban J connectivity index is 2.13. The summed E-state index contributed by atoms with van der Waals surface area (Å²) in [4.78, 5) is 0. The summed E-state index contributed by atoms with van der Waals surface area (Å²) in [7, 11) is 1.70. The smallest absolute Gasteiger partial charge is 0.0933 e. The summed E-state index contributed by atoms with van der Waals surface area (Å²) in [5, 5.41) is 3.31. The highest BCUT2D eigenvalue weighted by molar-refractivity contribution is 4.71. The van der Waals surface area contributed by atoms with Crippen LogP contribution >= 0.6 is 0 Å². The molecular formula is C7H15NO2. The van der Waals surface area contributed by atoms with Crippen LogP contribution in [0.3, 0.4) is 0 Å². The third-order valence-electron chi connectivity index (χ3n) is 1.63. The van der Waals surface area contributed by atoms with E-state index < -0.39 is 0 Å². The van der Waals surface area contributed by atoms with Crippen LogP contribution < -0.4 is 5.32 Å². The van der Waals surface area contributed by atoms with Crippen molar-refractivity contribution in [2.75, 3.05) is 26.9 Å². The summed E-state index contributed by atoms with van der Waals surface area (Å²) in [6, 6.07) is 0.494. The summed E-state index contributed by atoms with van der Waals surface area (Å²) in [6.07, 6.45) is 0.251. The molecule has 0 saturated carbocycles. The van der Waals surface area contributed by atoms with Gasteiger partial charge in [-0.3, -0.25) is 0 Å². The van der Waals surface area contributed by atoms with Gasteiger partial charge < -0.3 is 14.8 Å². The largest absolute Gasteiger partial charge is 0.382 e. The Morgan fingerprint density at radius 2 is 2.50 bits per heavy atom. The van der Waals surface area contributed by atoms with Gasteiger partial charge in [-0.2, -0.15) is 0 Å². The zero-order valence-corrected chi connectivity index (χ0v) is 6.59. The number of rotatable bonds is 2. The molecular weight excluding hydrogens is 130 g/mol. The van der Waals surface area contributed by atoms with Crippen LogP contribution in [0.5, 0.6) is 0 Å². The third-order valence-corrected chi connectivity index (χ3v) is 1.63. The fourth-order valence-corrected chi connectivity index (χ4v) is 1.02. The number of nitrogens with one attached hydrogen (secondary N) is 1. The maximum atomic E-state index is 5.44. The van der Waals surface area contributed by atoms with Gasteiger partial charge in [0, 0.05) is 19.7 Å². The summed E-state index contributed by atoms with van der Waals surface area (Å²) in [5.41, 5.74) is 0. The first-order chi connectivity index (χ1) is 4.83. The van der Waals surface area contributed by atoms with E-state index in [1.165, 1.54) is 0 Å². The number of hydrogen-bond acceptors (Lipinski definition) is 3. The molecule has 60 valence electrons. The molecule has 1 aliphatic rings. The zero-order valence-electron chi connectivity index (χ0n) is 6.59. The van der Waals surface area contributed by atoms with Crippen LogP contribution in [0.25, 0.3) is 0 Å². The molecule has 1 N–H and O–H groups in total. The van der Waals surface area contributed by atoms with Gasteiger partial charge >= 0.3 is 0 Å². The van der Waals surface area contributed by atoms with E-state index in [1.807, 2.05) is 0 Å². The Hall–Kier alpha value is -0.120. The van der Waals surface area contributed by atoms with E-state index in [4.69, 9.17) is 9.47 Å². The summed E-state index contributed by atoms with van der Waals surface area (Å²) < 4.78 is 10.4. The first-order valence-electron chi connectivity index (χ1n) is 3.67. The normalized spacial score (nSPS) is 34.2. The molecule has 2 atom stereocenters. The van der Waals surface area contributed by atoms with Crippen molar-refractivity contribution in [3.05, 3.63) is 0 Å². The molecule has 1 aliphatic heterocycles. The molecule has 0 aromatic heterocycles. The lowest BCUT2D eigenvalue weighted by Crippen LogP contribution is -2.46. The maximum Gasteiger partial charge on any atom is 0.0933 e. The standard InChI is InChI=1S/C7H15NO2/c1-6-4-10-7(3-8-6)5-9-2/h6-8H,3-5H2,1-2H3/t6-,7+/m1/s1.